The van der Waals surface area contributed by atoms with Crippen LogP contribution >= 0.6 is 0 Å². The molecule has 0 bridgehead atoms. The van der Waals surface area contributed by atoms with Crippen LogP contribution in [0.3, 0.4) is 0 Å². The number of unbranched alkanes of at least 4 members (excludes halogenated alkanes) is 1. The van der Waals surface area contributed by atoms with Crippen molar-refractivity contribution < 1.29 is 90.9 Å². The molecule has 1 heterocycles. The minimum absolute atomic E-state index is 0.00624. The van der Waals surface area contributed by atoms with Crippen molar-refractivity contribution in [1.29, 1.82) is 0 Å². The fourth-order valence-corrected chi connectivity index (χ4v) is 6.87. The van der Waals surface area contributed by atoms with E-state index in [-0.39, 0.29) is 135 Å². The van der Waals surface area contributed by atoms with Crippen LogP contribution in [0.15, 0.2) is 0 Å². The summed E-state index contributed by atoms with van der Waals surface area (Å²) in [5, 5.41) is 25.5. The lowest BCUT2D eigenvalue weighted by Crippen LogP contribution is -2.66. The van der Waals surface area contributed by atoms with Gasteiger partial charge >= 0.3 is 23.9 Å². The SMILES string of the molecule is CC(=O)NC1C(OCCCCC(=O)NCCCNC(=O)CCOCC(COCCC(=O)NCCCN)(COCCC(=O)NCCCN)NC(=O)CCCC(=O)O)OC(COC(C)=O)C(OC(C)=O)C1OC(C)=O. The highest BCUT2D eigenvalue weighted by atomic mass is 16.7. The first-order valence-electron chi connectivity index (χ1n) is 24.6. The fourth-order valence-electron chi connectivity index (χ4n) is 6.87. The van der Waals surface area contributed by atoms with Gasteiger partial charge in [0.1, 0.15) is 24.3 Å². The number of esters is 3. The summed E-state index contributed by atoms with van der Waals surface area (Å²) >= 11 is 0. The summed E-state index contributed by atoms with van der Waals surface area (Å²) in [6.07, 6.45) is -2.79. The third kappa shape index (κ3) is 32.3. The predicted molar refractivity (Wildman–Crippen MR) is 256 cm³/mol. The Morgan fingerprint density at radius 2 is 1.00 bits per heavy atom. The summed E-state index contributed by atoms with van der Waals surface area (Å²) in [5.74, 6) is -5.38. The number of amides is 6. The second-order valence-electron chi connectivity index (χ2n) is 17.1. The number of hydrogen-bond acceptors (Lipinski definition) is 20. The van der Waals surface area contributed by atoms with E-state index in [4.69, 9.17) is 54.5 Å². The van der Waals surface area contributed by atoms with Gasteiger partial charge in [-0.1, -0.05) is 0 Å². The molecule has 0 aromatic rings. The van der Waals surface area contributed by atoms with E-state index in [1.807, 2.05) is 0 Å². The van der Waals surface area contributed by atoms with Crippen molar-refractivity contribution in [3.63, 3.8) is 0 Å². The summed E-state index contributed by atoms with van der Waals surface area (Å²) in [6.45, 7) is 5.66. The monoisotopic (exact) mass is 1050 g/mol. The maximum Gasteiger partial charge on any atom is 0.303 e. The highest BCUT2D eigenvalue weighted by Gasteiger charge is 2.51. The van der Waals surface area contributed by atoms with Gasteiger partial charge in [0.15, 0.2) is 18.5 Å². The average Bonchev–Trinajstić information content (AvgIpc) is 3.31. The van der Waals surface area contributed by atoms with Crippen molar-refractivity contribution in [3.05, 3.63) is 0 Å². The van der Waals surface area contributed by atoms with Crippen molar-refractivity contribution >= 4 is 59.3 Å². The van der Waals surface area contributed by atoms with Crippen LogP contribution in [-0.2, 0) is 85.8 Å². The highest BCUT2D eigenvalue weighted by Crippen LogP contribution is 2.28. The lowest BCUT2D eigenvalue weighted by molar-refractivity contribution is -0.277. The minimum atomic E-state index is -1.36. The van der Waals surface area contributed by atoms with Gasteiger partial charge in [-0.15, -0.1) is 0 Å². The molecule has 1 fully saturated rings. The molecular weight excluding hydrogens is 969 g/mol. The number of nitrogens with two attached hydrogens (primary N) is 2. The van der Waals surface area contributed by atoms with Crippen LogP contribution in [0.2, 0.25) is 0 Å². The molecule has 418 valence electrons. The van der Waals surface area contributed by atoms with Crippen LogP contribution in [0.25, 0.3) is 0 Å². The number of carbonyl (C=O) groups excluding carboxylic acids is 9. The molecular formula is C46H80N8O19. The van der Waals surface area contributed by atoms with Crippen LogP contribution < -0.4 is 43.4 Å². The van der Waals surface area contributed by atoms with Crippen molar-refractivity contribution in [2.75, 3.05) is 92.1 Å². The number of rotatable bonds is 41. The second kappa shape index (κ2) is 39.0. The van der Waals surface area contributed by atoms with Gasteiger partial charge in [-0.2, -0.15) is 0 Å². The topological polar surface area (TPSA) is 389 Å². The molecule has 1 saturated heterocycles. The Balaban J connectivity index is 2.73. The van der Waals surface area contributed by atoms with Crippen molar-refractivity contribution in [1.82, 2.24) is 31.9 Å². The van der Waals surface area contributed by atoms with E-state index in [0.29, 0.717) is 58.3 Å². The molecule has 73 heavy (non-hydrogen) atoms. The number of nitrogens with one attached hydrogen (secondary N) is 6. The maximum atomic E-state index is 13.1. The molecule has 0 saturated carbocycles. The summed E-state index contributed by atoms with van der Waals surface area (Å²) in [7, 11) is 0. The number of ether oxygens (including phenoxy) is 8. The number of hydrogen-bond donors (Lipinski definition) is 9. The van der Waals surface area contributed by atoms with E-state index in [1.165, 1.54) is 13.8 Å². The van der Waals surface area contributed by atoms with Crippen LogP contribution in [0.5, 0.6) is 0 Å². The molecule has 5 atom stereocenters. The molecule has 1 rings (SSSR count). The van der Waals surface area contributed by atoms with Crippen molar-refractivity contribution in [2.24, 2.45) is 11.5 Å². The van der Waals surface area contributed by atoms with E-state index < -0.39 is 71.9 Å². The van der Waals surface area contributed by atoms with E-state index in [9.17, 15) is 47.9 Å². The Morgan fingerprint density at radius 1 is 0.534 bits per heavy atom. The minimum Gasteiger partial charge on any atom is -0.481 e. The van der Waals surface area contributed by atoms with Crippen LogP contribution in [0, 0.1) is 0 Å². The Bertz CT molecular complexity index is 1700. The molecule has 5 unspecified atom stereocenters. The summed E-state index contributed by atoms with van der Waals surface area (Å²) in [5.41, 5.74) is 9.61. The average molecular weight is 1050 g/mol. The zero-order valence-corrected chi connectivity index (χ0v) is 42.7. The first-order chi connectivity index (χ1) is 34.8. The number of carboxylic acid groups (broad SMARTS) is 1. The molecule has 0 spiro atoms. The number of aliphatic carboxylic acids is 1. The third-order valence-electron chi connectivity index (χ3n) is 10.3. The Morgan fingerprint density at radius 3 is 1.45 bits per heavy atom. The molecule has 27 heteroatoms. The quantitative estimate of drug-likeness (QED) is 0.0177. The normalized spacial score (nSPS) is 17.3. The molecule has 11 N–H and O–H groups in total. The fraction of sp³-hybridized carbons (Fsp3) is 0.783. The zero-order valence-electron chi connectivity index (χ0n) is 42.7. The smallest absolute Gasteiger partial charge is 0.303 e. The molecule has 6 amide bonds. The molecule has 0 aromatic heterocycles. The number of carbonyl (C=O) groups is 10. The Hall–Kier alpha value is -5.58. The largest absolute Gasteiger partial charge is 0.481 e. The van der Waals surface area contributed by atoms with Crippen LogP contribution in [0.1, 0.15) is 105 Å². The first-order valence-corrected chi connectivity index (χ1v) is 24.6. The second-order valence-corrected chi connectivity index (χ2v) is 17.1. The van der Waals surface area contributed by atoms with Gasteiger partial charge < -0.3 is 86.4 Å². The summed E-state index contributed by atoms with van der Waals surface area (Å²) in [4.78, 5) is 122. The van der Waals surface area contributed by atoms with Gasteiger partial charge in [-0.25, -0.2) is 0 Å². The van der Waals surface area contributed by atoms with Gasteiger partial charge in [0.2, 0.25) is 35.4 Å². The third-order valence-corrected chi connectivity index (χ3v) is 10.3. The number of carboxylic acids is 1. The summed E-state index contributed by atoms with van der Waals surface area (Å²) < 4.78 is 45.4. The highest BCUT2D eigenvalue weighted by molar-refractivity contribution is 5.78. The van der Waals surface area contributed by atoms with Crippen LogP contribution in [0.4, 0.5) is 0 Å². The van der Waals surface area contributed by atoms with E-state index in [0.717, 1.165) is 13.8 Å². The Labute approximate surface area is 425 Å². The van der Waals surface area contributed by atoms with Crippen LogP contribution in [-0.4, -0.2) is 193 Å². The Kier molecular flexibility index (Phi) is 34.9. The molecule has 1 aliphatic heterocycles. The van der Waals surface area contributed by atoms with E-state index in [1.54, 1.807) is 0 Å². The molecule has 0 radical (unpaired) electrons. The molecule has 0 aliphatic carbocycles. The standard InChI is InChI=1S/C46H80N8O19/c1-31(55)53-42-44(72-34(4)58)43(71-33(3)57)35(27-70-32(2)56)73-45(42)69-23-6-5-11-36(59)51-21-10-22-52-39(62)16-26-68-30-46(54-40(63)12-7-13-41(64)65,28-66-24-14-37(60)49-19-8-17-47)29-67-25-15-38(61)50-20-9-18-48/h35,42-45H,5-30,47-48H2,1-4H3,(H,49,60)(H,50,61)(H,51,59)(H,52,62)(H,53,55)(H,54,63)(H,64,65). The zero-order chi connectivity index (χ0) is 54.4. The molecule has 27 nitrogen and oxygen atoms in total. The first kappa shape index (κ1) is 65.4. The van der Waals surface area contributed by atoms with Gasteiger partial charge in [0.05, 0.1) is 39.6 Å². The maximum absolute atomic E-state index is 13.1. The predicted octanol–water partition coefficient (Wildman–Crippen LogP) is -2.29. The molecule has 0 aromatic carbocycles. The van der Waals surface area contributed by atoms with Gasteiger partial charge in [0, 0.05) is 99.0 Å². The van der Waals surface area contributed by atoms with Gasteiger partial charge in [0.25, 0.3) is 0 Å². The molecule has 1 aliphatic rings. The van der Waals surface area contributed by atoms with E-state index in [2.05, 4.69) is 31.9 Å². The van der Waals surface area contributed by atoms with Crippen molar-refractivity contribution in [2.45, 2.75) is 141 Å². The van der Waals surface area contributed by atoms with E-state index >= 15 is 0 Å². The van der Waals surface area contributed by atoms with Gasteiger partial charge in [-0.3, -0.25) is 47.9 Å². The lowest BCUT2D eigenvalue weighted by Gasteiger charge is -2.44. The lowest BCUT2D eigenvalue weighted by atomic mass is 9.96. The van der Waals surface area contributed by atoms with Crippen molar-refractivity contribution in [3.8, 4) is 0 Å². The van der Waals surface area contributed by atoms with Gasteiger partial charge in [-0.05, 0) is 51.6 Å². The summed E-state index contributed by atoms with van der Waals surface area (Å²) in [6, 6.07) is -1.12.